The molecule has 1 heterocycles. The maximum absolute atomic E-state index is 13.1. The molecule has 1 aromatic heterocycles. The van der Waals surface area contributed by atoms with Gasteiger partial charge in [-0.1, -0.05) is 6.07 Å². The molecule has 0 aliphatic heterocycles. The van der Waals surface area contributed by atoms with Gasteiger partial charge in [0.05, 0.1) is 9.13 Å². The van der Waals surface area contributed by atoms with Gasteiger partial charge >= 0.3 is 6.18 Å². The van der Waals surface area contributed by atoms with Gasteiger partial charge in [-0.25, -0.2) is 9.71 Å². The predicted octanol–water partition coefficient (Wildman–Crippen LogP) is 3.26. The number of ether oxygens (including phenoxy) is 1. The summed E-state index contributed by atoms with van der Waals surface area (Å²) in [6, 6.07) is 5.83. The number of aromatic nitrogens is 1. The highest BCUT2D eigenvalue weighted by Gasteiger charge is 2.54. The zero-order chi connectivity index (χ0) is 20.7. The Kier molecular flexibility index (Phi) is 5.29. The van der Waals surface area contributed by atoms with Gasteiger partial charge in [0.15, 0.2) is 10.6 Å². The minimum atomic E-state index is -4.60. The fourth-order valence-corrected chi connectivity index (χ4v) is 3.71. The first kappa shape index (κ1) is 20.8. The third-order valence-electron chi connectivity index (χ3n) is 3.87. The smallest absolute Gasteiger partial charge is 0.416 e. The van der Waals surface area contributed by atoms with E-state index in [1.807, 2.05) is 0 Å². The number of carbonyl (C=O) groups excluding carboxylic acids is 1. The van der Waals surface area contributed by atoms with Crippen molar-refractivity contribution in [1.29, 1.82) is 0 Å². The molecule has 1 fully saturated rings. The first-order chi connectivity index (χ1) is 12.9. The summed E-state index contributed by atoms with van der Waals surface area (Å²) < 4.78 is 83.8. The molecule has 1 N–H and O–H groups in total. The van der Waals surface area contributed by atoms with Crippen LogP contribution in [0, 0.1) is 9.52 Å². The molecule has 0 saturated heterocycles. The Balaban J connectivity index is 1.82. The molecule has 3 rings (SSSR count). The van der Waals surface area contributed by atoms with Crippen LogP contribution in [0.3, 0.4) is 0 Å². The fourth-order valence-electron chi connectivity index (χ4n) is 2.26. The molecule has 1 aliphatic carbocycles. The van der Waals surface area contributed by atoms with E-state index in [2.05, 4.69) is 4.98 Å². The monoisotopic (exact) mass is 530 g/mol. The van der Waals surface area contributed by atoms with Crippen LogP contribution in [-0.2, 0) is 21.0 Å². The van der Waals surface area contributed by atoms with E-state index in [0.29, 0.717) is 3.57 Å². The van der Waals surface area contributed by atoms with Gasteiger partial charge in [0.1, 0.15) is 5.75 Å². The van der Waals surface area contributed by atoms with Crippen LogP contribution >= 0.6 is 22.6 Å². The maximum atomic E-state index is 13.1. The van der Waals surface area contributed by atoms with E-state index in [9.17, 15) is 30.8 Å². The summed E-state index contributed by atoms with van der Waals surface area (Å²) in [4.78, 5) is 15.6. The third-order valence-corrected chi connectivity index (χ3v) is 6.00. The van der Waals surface area contributed by atoms with Crippen LogP contribution in [0.4, 0.5) is 17.6 Å². The lowest BCUT2D eigenvalue weighted by Gasteiger charge is -2.19. The van der Waals surface area contributed by atoms with Gasteiger partial charge in [-0.05, 0) is 52.9 Å². The first-order valence-corrected chi connectivity index (χ1v) is 10.2. The van der Waals surface area contributed by atoms with Gasteiger partial charge in [-0.3, -0.25) is 4.79 Å². The van der Waals surface area contributed by atoms with Crippen molar-refractivity contribution in [2.45, 2.75) is 29.6 Å². The second kappa shape index (κ2) is 7.13. The predicted molar refractivity (Wildman–Crippen MR) is 96.3 cm³/mol. The Labute approximate surface area is 170 Å². The molecule has 0 atom stereocenters. The first-order valence-electron chi connectivity index (χ1n) is 7.69. The van der Waals surface area contributed by atoms with Gasteiger partial charge in [0, 0.05) is 12.8 Å². The molecule has 1 aromatic carbocycles. The Morgan fingerprint density at radius 1 is 1.21 bits per heavy atom. The average molecular weight is 530 g/mol. The van der Waals surface area contributed by atoms with Crippen molar-refractivity contribution in [3.05, 3.63) is 51.5 Å². The summed E-state index contributed by atoms with van der Waals surface area (Å²) in [7, 11) is -4.47. The molecule has 0 bridgehead atoms. The van der Waals surface area contributed by atoms with Crippen LogP contribution < -0.4 is 9.46 Å². The molecule has 1 saturated carbocycles. The lowest BCUT2D eigenvalue weighted by molar-refractivity contribution is -0.137. The lowest BCUT2D eigenvalue weighted by Crippen LogP contribution is -2.43. The average Bonchev–Trinajstić information content (AvgIpc) is 3.36. The number of sulfonamides is 1. The zero-order valence-electron chi connectivity index (χ0n) is 13.8. The molecule has 1 aliphatic rings. The Morgan fingerprint density at radius 2 is 1.89 bits per heavy atom. The van der Waals surface area contributed by atoms with Crippen LogP contribution in [-0.4, -0.2) is 24.9 Å². The number of hydrogen-bond acceptors (Lipinski definition) is 5. The molecule has 0 radical (unpaired) electrons. The lowest BCUT2D eigenvalue weighted by atomic mass is 10.2. The summed E-state index contributed by atoms with van der Waals surface area (Å²) in [5, 5.41) is -0.703. The summed E-state index contributed by atoms with van der Waals surface area (Å²) in [5.74, 6) is -2.30. The van der Waals surface area contributed by atoms with E-state index in [0.717, 1.165) is 30.3 Å². The number of nitrogens with zero attached hydrogens (tertiary/aromatic N) is 1. The number of halogens is 5. The standard InChI is InChI=1S/C16H11F4IN2O4S/c17-12-2-1-3-13(22-12)28(25,26)23-14(24)15(6-7-15)27-11-8-9(16(18,19)20)4-5-10(11)21/h1-5,8H,6-7H2,(H,23,24). The molecule has 12 heteroatoms. The number of benzene rings is 1. The Bertz CT molecular complexity index is 1040. The highest BCUT2D eigenvalue weighted by molar-refractivity contribution is 14.1. The number of rotatable bonds is 5. The topological polar surface area (TPSA) is 85.4 Å². The van der Waals surface area contributed by atoms with Crippen molar-refractivity contribution in [3.63, 3.8) is 0 Å². The zero-order valence-corrected chi connectivity index (χ0v) is 16.7. The van der Waals surface area contributed by atoms with Crippen LogP contribution in [0.1, 0.15) is 18.4 Å². The van der Waals surface area contributed by atoms with E-state index in [1.54, 1.807) is 27.3 Å². The van der Waals surface area contributed by atoms with Crippen molar-refractivity contribution in [2.24, 2.45) is 0 Å². The Morgan fingerprint density at radius 3 is 2.46 bits per heavy atom. The molecule has 6 nitrogen and oxygen atoms in total. The highest BCUT2D eigenvalue weighted by atomic mass is 127. The van der Waals surface area contributed by atoms with Crippen LogP contribution in [0.25, 0.3) is 0 Å². The molecular formula is C16H11F4IN2O4S. The summed E-state index contributed by atoms with van der Waals surface area (Å²) in [6.07, 6.45) is -4.39. The molecular weight excluding hydrogens is 519 g/mol. The summed E-state index contributed by atoms with van der Waals surface area (Å²) in [5.41, 5.74) is -2.58. The second-order valence-corrected chi connectivity index (χ2v) is 8.76. The van der Waals surface area contributed by atoms with Crippen molar-refractivity contribution in [3.8, 4) is 5.75 Å². The molecule has 28 heavy (non-hydrogen) atoms. The number of nitrogens with one attached hydrogen (secondary N) is 1. The van der Waals surface area contributed by atoms with Gasteiger partial charge in [-0.15, -0.1) is 0 Å². The quantitative estimate of drug-likeness (QED) is 0.365. The van der Waals surface area contributed by atoms with Crippen LogP contribution in [0.5, 0.6) is 5.75 Å². The summed E-state index contributed by atoms with van der Waals surface area (Å²) >= 11 is 1.74. The number of carbonyl (C=O) groups is 1. The van der Waals surface area contributed by atoms with Gasteiger partial charge in [0.2, 0.25) is 5.95 Å². The second-order valence-electron chi connectivity index (χ2n) is 5.97. The number of pyridine rings is 1. The van der Waals surface area contributed by atoms with Crippen molar-refractivity contribution < 1.29 is 35.5 Å². The van der Waals surface area contributed by atoms with Gasteiger partial charge in [0.25, 0.3) is 15.9 Å². The number of alkyl halides is 3. The summed E-state index contributed by atoms with van der Waals surface area (Å²) in [6.45, 7) is 0. The van der Waals surface area contributed by atoms with Gasteiger partial charge < -0.3 is 4.74 Å². The molecule has 1 amide bonds. The number of hydrogen-bond donors (Lipinski definition) is 1. The Hall–Kier alpha value is -1.96. The van der Waals surface area contributed by atoms with E-state index in [-0.39, 0.29) is 18.6 Å². The molecule has 2 aromatic rings. The van der Waals surface area contributed by atoms with Crippen molar-refractivity contribution in [2.75, 3.05) is 0 Å². The minimum Gasteiger partial charge on any atom is -0.476 e. The number of amides is 1. The van der Waals surface area contributed by atoms with Gasteiger partial charge in [-0.2, -0.15) is 26.0 Å². The molecule has 0 unspecified atom stereocenters. The third kappa shape index (κ3) is 4.37. The van der Waals surface area contributed by atoms with E-state index >= 15 is 0 Å². The molecule has 0 spiro atoms. The SMILES string of the molecule is O=C(NS(=O)(=O)c1cccc(F)n1)C1(Oc2cc(C(F)(F)F)ccc2I)CC1. The van der Waals surface area contributed by atoms with Crippen LogP contribution in [0.15, 0.2) is 41.4 Å². The van der Waals surface area contributed by atoms with Crippen molar-refractivity contribution in [1.82, 2.24) is 9.71 Å². The van der Waals surface area contributed by atoms with E-state index < -0.39 is 44.2 Å². The van der Waals surface area contributed by atoms with E-state index in [1.165, 1.54) is 6.07 Å². The normalized spacial score (nSPS) is 15.8. The van der Waals surface area contributed by atoms with Crippen molar-refractivity contribution >= 4 is 38.5 Å². The fraction of sp³-hybridized carbons (Fsp3) is 0.250. The molecule has 150 valence electrons. The highest BCUT2D eigenvalue weighted by Crippen LogP contribution is 2.43. The maximum Gasteiger partial charge on any atom is 0.416 e. The minimum absolute atomic E-state index is 0.108. The van der Waals surface area contributed by atoms with Crippen LogP contribution in [0.2, 0.25) is 0 Å². The van der Waals surface area contributed by atoms with E-state index in [4.69, 9.17) is 4.74 Å². The largest absolute Gasteiger partial charge is 0.476 e.